The Bertz CT molecular complexity index is 348. The molecule has 6 nitrogen and oxygen atoms in total. The summed E-state index contributed by atoms with van der Waals surface area (Å²) in [4.78, 5) is 17.5. The molecular formula is C5H3N5O. The average Bonchev–Trinajstić information content (AvgIpc) is 2.32. The summed E-state index contributed by atoms with van der Waals surface area (Å²) in [5, 5.41) is 7.08. The van der Waals surface area contributed by atoms with Gasteiger partial charge in [0.25, 0.3) is 0 Å². The number of hydrogen-bond acceptors (Lipinski definition) is 4. The monoisotopic (exact) mass is 149 g/mol. The fourth-order valence-electron chi connectivity index (χ4n) is 0.769. The molecule has 0 unspecified atom stereocenters. The molecule has 0 saturated carbocycles. The minimum Gasteiger partial charge on any atom is -0.382 e. The van der Waals surface area contributed by atoms with Gasteiger partial charge in [0.2, 0.25) is 0 Å². The van der Waals surface area contributed by atoms with Crippen LogP contribution in [0.25, 0.3) is 0 Å². The van der Waals surface area contributed by atoms with Gasteiger partial charge in [0, 0.05) is 6.21 Å². The minimum absolute atomic E-state index is 0.250. The second-order valence-corrected chi connectivity index (χ2v) is 1.98. The van der Waals surface area contributed by atoms with Crippen molar-refractivity contribution in [3.8, 4) is 0 Å². The molecule has 11 heavy (non-hydrogen) atoms. The molecule has 2 aliphatic rings. The highest BCUT2D eigenvalue weighted by molar-refractivity contribution is 6.23. The molecule has 0 fully saturated rings. The number of hydrogen-bond donors (Lipinski definition) is 1. The Hall–Kier alpha value is -1.85. The first-order valence-corrected chi connectivity index (χ1v) is 2.86. The molecule has 0 saturated heterocycles. The number of rotatable bonds is 0. The van der Waals surface area contributed by atoms with Crippen LogP contribution in [-0.4, -0.2) is 18.1 Å². The molecule has 0 bridgehead atoms. The van der Waals surface area contributed by atoms with Gasteiger partial charge in [0.1, 0.15) is 0 Å². The number of azo groups is 1. The van der Waals surface area contributed by atoms with Crippen molar-refractivity contribution >= 4 is 18.1 Å². The van der Waals surface area contributed by atoms with Gasteiger partial charge in [-0.25, -0.2) is 4.79 Å². The van der Waals surface area contributed by atoms with E-state index in [1.54, 1.807) is 0 Å². The lowest BCUT2D eigenvalue weighted by molar-refractivity contribution is 0.257. The zero-order valence-corrected chi connectivity index (χ0v) is 5.35. The van der Waals surface area contributed by atoms with Gasteiger partial charge in [-0.15, -0.1) is 10.2 Å². The van der Waals surface area contributed by atoms with Crippen molar-refractivity contribution in [3.05, 3.63) is 11.4 Å². The van der Waals surface area contributed by atoms with Crippen LogP contribution >= 0.6 is 0 Å². The Morgan fingerprint density at radius 1 is 1.36 bits per heavy atom. The Morgan fingerprint density at radius 3 is 3.00 bits per heavy atom. The Kier molecular flexibility index (Phi) is 0.974. The molecule has 54 valence electrons. The van der Waals surface area contributed by atoms with Gasteiger partial charge in [-0.05, 0) is 0 Å². The smallest absolute Gasteiger partial charge is 0.369 e. The number of aliphatic imine (C=N–C) groups is 2. The lowest BCUT2D eigenvalue weighted by atomic mass is 10.2. The quantitative estimate of drug-likeness (QED) is 0.533. The first-order chi connectivity index (χ1) is 5.27. The highest BCUT2D eigenvalue weighted by Crippen LogP contribution is 2.14. The van der Waals surface area contributed by atoms with E-state index >= 15 is 0 Å². The van der Waals surface area contributed by atoms with Gasteiger partial charge < -0.3 is 5.73 Å². The maximum Gasteiger partial charge on any atom is 0.369 e. The van der Waals surface area contributed by atoms with Gasteiger partial charge in [-0.2, -0.15) is 9.98 Å². The maximum atomic E-state index is 10.6. The molecule has 2 N–H and O–H groups in total. The van der Waals surface area contributed by atoms with Crippen molar-refractivity contribution in [2.75, 3.05) is 0 Å². The Labute approximate surface area is 61.2 Å². The summed E-state index contributed by atoms with van der Waals surface area (Å²) in [6.45, 7) is 0. The van der Waals surface area contributed by atoms with Crippen molar-refractivity contribution in [1.82, 2.24) is 0 Å². The molecular weight excluding hydrogens is 146 g/mol. The normalized spacial score (nSPS) is 20.7. The summed E-state index contributed by atoms with van der Waals surface area (Å²) in [6.07, 6.45) is 1.32. The van der Waals surface area contributed by atoms with Crippen LogP contribution in [-0.2, 0) is 0 Å². The number of nitrogens with two attached hydrogens (primary N) is 1. The van der Waals surface area contributed by atoms with Crippen LogP contribution in [0.1, 0.15) is 0 Å². The zero-order chi connectivity index (χ0) is 7.84. The summed E-state index contributed by atoms with van der Waals surface area (Å²) in [7, 11) is 0. The van der Waals surface area contributed by atoms with Crippen molar-refractivity contribution < 1.29 is 4.79 Å². The van der Waals surface area contributed by atoms with E-state index in [-0.39, 0.29) is 11.7 Å². The van der Waals surface area contributed by atoms with Crippen LogP contribution in [0.3, 0.4) is 0 Å². The predicted molar refractivity (Wildman–Crippen MR) is 37.4 cm³/mol. The molecule has 2 heterocycles. The Balaban J connectivity index is 2.55. The van der Waals surface area contributed by atoms with Crippen molar-refractivity contribution in [1.29, 1.82) is 0 Å². The van der Waals surface area contributed by atoms with Crippen molar-refractivity contribution in [3.63, 3.8) is 0 Å². The largest absolute Gasteiger partial charge is 0.382 e. The molecule has 0 atom stereocenters. The van der Waals surface area contributed by atoms with Crippen molar-refractivity contribution in [2.24, 2.45) is 25.9 Å². The molecule has 2 amide bonds. The second-order valence-electron chi connectivity index (χ2n) is 1.98. The van der Waals surface area contributed by atoms with E-state index in [4.69, 9.17) is 5.73 Å². The predicted octanol–water partition coefficient (Wildman–Crippen LogP) is 0.225. The molecule has 0 radical (unpaired) electrons. The van der Waals surface area contributed by atoms with Gasteiger partial charge in [-0.3, -0.25) is 0 Å². The van der Waals surface area contributed by atoms with Crippen LogP contribution in [0, 0.1) is 0 Å². The third-order valence-corrected chi connectivity index (χ3v) is 1.27. The summed E-state index contributed by atoms with van der Waals surface area (Å²) in [5.74, 6) is 0.502. The number of amidine groups is 1. The third kappa shape index (κ3) is 0.759. The molecule has 2 aliphatic heterocycles. The topological polar surface area (TPSA) is 92.5 Å². The van der Waals surface area contributed by atoms with Crippen LogP contribution < -0.4 is 5.73 Å². The van der Waals surface area contributed by atoms with E-state index in [2.05, 4.69) is 20.2 Å². The van der Waals surface area contributed by atoms with Gasteiger partial charge >= 0.3 is 6.03 Å². The van der Waals surface area contributed by atoms with E-state index in [1.165, 1.54) is 6.21 Å². The zero-order valence-electron chi connectivity index (χ0n) is 5.35. The highest BCUT2D eigenvalue weighted by atomic mass is 16.2. The number of nitrogens with zero attached hydrogens (tertiary/aromatic N) is 4. The van der Waals surface area contributed by atoms with Gasteiger partial charge in [0.15, 0.2) is 11.7 Å². The fraction of sp³-hybridized carbons (Fsp3) is 0. The fourth-order valence-corrected chi connectivity index (χ4v) is 0.769. The van der Waals surface area contributed by atoms with Crippen LogP contribution in [0.4, 0.5) is 4.79 Å². The number of carbonyl (C=O) groups is 1. The van der Waals surface area contributed by atoms with Gasteiger partial charge in [-0.1, -0.05) is 0 Å². The number of amides is 2. The first kappa shape index (κ1) is 5.90. The SMILES string of the molecule is NC1=C2C=NC(=O)N=C2N=N1. The summed E-state index contributed by atoms with van der Waals surface area (Å²) >= 11 is 0. The second kappa shape index (κ2) is 1.82. The van der Waals surface area contributed by atoms with E-state index < -0.39 is 6.03 Å². The highest BCUT2D eigenvalue weighted by Gasteiger charge is 2.20. The third-order valence-electron chi connectivity index (χ3n) is 1.27. The molecule has 0 aliphatic carbocycles. The van der Waals surface area contributed by atoms with E-state index in [0.29, 0.717) is 5.57 Å². The molecule has 0 spiro atoms. The average molecular weight is 149 g/mol. The van der Waals surface area contributed by atoms with Crippen LogP contribution in [0.2, 0.25) is 0 Å². The number of carbonyl (C=O) groups excluding carboxylic acids is 1. The minimum atomic E-state index is -0.572. The molecule has 2 rings (SSSR count). The maximum absolute atomic E-state index is 10.6. The lowest BCUT2D eigenvalue weighted by Crippen LogP contribution is -2.10. The first-order valence-electron chi connectivity index (χ1n) is 2.86. The van der Waals surface area contributed by atoms with E-state index in [0.717, 1.165) is 0 Å². The number of urea groups is 1. The summed E-state index contributed by atoms with van der Waals surface area (Å²) < 4.78 is 0. The molecule has 0 aromatic heterocycles. The molecule has 0 aromatic carbocycles. The summed E-state index contributed by atoms with van der Waals surface area (Å²) in [6, 6.07) is -0.572. The van der Waals surface area contributed by atoms with E-state index in [9.17, 15) is 4.79 Å². The van der Waals surface area contributed by atoms with Crippen molar-refractivity contribution in [2.45, 2.75) is 0 Å². The van der Waals surface area contributed by atoms with E-state index in [1.807, 2.05) is 0 Å². The Morgan fingerprint density at radius 2 is 2.18 bits per heavy atom. The molecule has 6 heteroatoms. The molecule has 0 aromatic rings. The lowest BCUT2D eigenvalue weighted by Gasteiger charge is -1.97. The number of fused-ring (bicyclic) bond motifs is 1. The van der Waals surface area contributed by atoms with Crippen LogP contribution in [0.5, 0.6) is 0 Å². The standard InChI is InChI=1S/C5H3N5O/c6-3-2-1-7-5(11)8-4(2)10-9-3/h1H,6H2. The van der Waals surface area contributed by atoms with Crippen LogP contribution in [0.15, 0.2) is 31.6 Å². The van der Waals surface area contributed by atoms with Gasteiger partial charge in [0.05, 0.1) is 5.57 Å². The summed E-state index contributed by atoms with van der Waals surface area (Å²) in [5.41, 5.74) is 5.89.